The highest BCUT2D eigenvalue weighted by atomic mass is 32.2. The topological polar surface area (TPSA) is 64.6 Å². The largest absolute Gasteiger partial charge is 0.482 e. The number of aryl methyl sites for hydroxylation is 2. The standard InChI is InChI=1S/C19H21NO4S/c1-13-7-14(2)9-16(8-13)23-12-19(22)24-11-18(21)20-15-5-4-6-17(10-15)25-3/h4-10H,11-12H2,1-3H3,(H,20,21). The van der Waals surface area contributed by atoms with Crippen LogP contribution in [0.1, 0.15) is 11.1 Å². The van der Waals surface area contributed by atoms with Crippen LogP contribution in [0.3, 0.4) is 0 Å². The first-order valence-electron chi connectivity index (χ1n) is 7.77. The highest BCUT2D eigenvalue weighted by Crippen LogP contribution is 2.19. The van der Waals surface area contributed by atoms with Crippen molar-refractivity contribution < 1.29 is 19.1 Å². The monoisotopic (exact) mass is 359 g/mol. The molecule has 0 aromatic heterocycles. The zero-order valence-electron chi connectivity index (χ0n) is 14.5. The molecule has 25 heavy (non-hydrogen) atoms. The highest BCUT2D eigenvalue weighted by Gasteiger charge is 2.09. The summed E-state index contributed by atoms with van der Waals surface area (Å²) >= 11 is 1.58. The summed E-state index contributed by atoms with van der Waals surface area (Å²) in [5, 5.41) is 2.69. The molecule has 0 fully saturated rings. The summed E-state index contributed by atoms with van der Waals surface area (Å²) in [6.45, 7) is 3.32. The van der Waals surface area contributed by atoms with E-state index in [1.807, 2.05) is 56.5 Å². The van der Waals surface area contributed by atoms with Gasteiger partial charge in [0.05, 0.1) is 0 Å². The first-order valence-corrected chi connectivity index (χ1v) is 8.99. The van der Waals surface area contributed by atoms with Crippen LogP contribution < -0.4 is 10.1 Å². The van der Waals surface area contributed by atoms with Crippen molar-refractivity contribution in [2.24, 2.45) is 0 Å². The fourth-order valence-corrected chi connectivity index (χ4v) is 2.70. The van der Waals surface area contributed by atoms with Crippen molar-refractivity contribution in [3.8, 4) is 5.75 Å². The van der Waals surface area contributed by atoms with Crippen LogP contribution in [0.2, 0.25) is 0 Å². The van der Waals surface area contributed by atoms with Crippen LogP contribution in [0.4, 0.5) is 5.69 Å². The first kappa shape index (κ1) is 18.9. The molecule has 6 heteroatoms. The van der Waals surface area contributed by atoms with Crippen molar-refractivity contribution in [1.82, 2.24) is 0 Å². The molecule has 5 nitrogen and oxygen atoms in total. The lowest BCUT2D eigenvalue weighted by Gasteiger charge is -2.09. The second-order valence-corrected chi connectivity index (χ2v) is 6.43. The zero-order chi connectivity index (χ0) is 18.2. The van der Waals surface area contributed by atoms with Crippen LogP contribution in [0.5, 0.6) is 5.75 Å². The molecule has 2 aromatic carbocycles. The molecule has 0 heterocycles. The number of anilines is 1. The molecule has 132 valence electrons. The number of thioether (sulfide) groups is 1. The van der Waals surface area contributed by atoms with Gasteiger partial charge < -0.3 is 14.8 Å². The number of carbonyl (C=O) groups excluding carboxylic acids is 2. The predicted octanol–water partition coefficient (Wildman–Crippen LogP) is 3.59. The summed E-state index contributed by atoms with van der Waals surface area (Å²) < 4.78 is 10.3. The molecule has 0 unspecified atom stereocenters. The zero-order valence-corrected chi connectivity index (χ0v) is 15.3. The number of nitrogens with one attached hydrogen (secondary N) is 1. The van der Waals surface area contributed by atoms with Gasteiger partial charge in [0, 0.05) is 10.6 Å². The molecule has 0 radical (unpaired) electrons. The van der Waals surface area contributed by atoms with E-state index in [0.717, 1.165) is 16.0 Å². The third-order valence-corrected chi connectivity index (χ3v) is 3.99. The Morgan fingerprint density at radius 1 is 1.04 bits per heavy atom. The van der Waals surface area contributed by atoms with E-state index in [1.165, 1.54) is 0 Å². The molecule has 0 aliphatic heterocycles. The second kappa shape index (κ2) is 9.13. The molecule has 2 aromatic rings. The molecular formula is C19H21NO4S. The van der Waals surface area contributed by atoms with Gasteiger partial charge in [-0.05, 0) is 61.6 Å². The number of esters is 1. The van der Waals surface area contributed by atoms with Crippen molar-refractivity contribution in [2.75, 3.05) is 24.8 Å². The molecule has 0 saturated carbocycles. The molecule has 0 aliphatic carbocycles. The number of rotatable bonds is 7. The Kier molecular flexibility index (Phi) is 6.89. The van der Waals surface area contributed by atoms with Crippen molar-refractivity contribution in [3.05, 3.63) is 53.6 Å². The Balaban J connectivity index is 1.76. The van der Waals surface area contributed by atoms with Gasteiger partial charge in [0.2, 0.25) is 0 Å². The number of hydrogen-bond acceptors (Lipinski definition) is 5. The van der Waals surface area contributed by atoms with Gasteiger partial charge in [0.1, 0.15) is 5.75 Å². The third kappa shape index (κ3) is 6.51. The minimum absolute atomic E-state index is 0.238. The predicted molar refractivity (Wildman–Crippen MR) is 99.2 cm³/mol. The van der Waals surface area contributed by atoms with Gasteiger partial charge in [0.25, 0.3) is 5.91 Å². The van der Waals surface area contributed by atoms with Crippen molar-refractivity contribution in [2.45, 2.75) is 18.7 Å². The summed E-state index contributed by atoms with van der Waals surface area (Å²) in [5.41, 5.74) is 2.77. The Hall–Kier alpha value is -2.47. The van der Waals surface area contributed by atoms with E-state index in [-0.39, 0.29) is 13.2 Å². The van der Waals surface area contributed by atoms with Crippen LogP contribution in [0, 0.1) is 13.8 Å². The minimum atomic E-state index is -0.591. The number of benzene rings is 2. The van der Waals surface area contributed by atoms with E-state index in [4.69, 9.17) is 9.47 Å². The number of hydrogen-bond donors (Lipinski definition) is 1. The third-order valence-electron chi connectivity index (χ3n) is 3.27. The molecule has 2 rings (SSSR count). The lowest BCUT2D eigenvalue weighted by Crippen LogP contribution is -2.23. The lowest BCUT2D eigenvalue weighted by molar-refractivity contribution is -0.149. The van der Waals surface area contributed by atoms with Crippen LogP contribution in [-0.4, -0.2) is 31.3 Å². The maximum atomic E-state index is 11.8. The van der Waals surface area contributed by atoms with Gasteiger partial charge in [-0.1, -0.05) is 12.1 Å². The van der Waals surface area contributed by atoms with Gasteiger partial charge in [-0.25, -0.2) is 4.79 Å². The Labute approximate surface area is 151 Å². The van der Waals surface area contributed by atoms with E-state index in [2.05, 4.69) is 5.32 Å². The minimum Gasteiger partial charge on any atom is -0.482 e. The van der Waals surface area contributed by atoms with Crippen LogP contribution in [0.25, 0.3) is 0 Å². The Morgan fingerprint density at radius 2 is 1.76 bits per heavy atom. The smallest absolute Gasteiger partial charge is 0.344 e. The van der Waals surface area contributed by atoms with E-state index < -0.39 is 11.9 Å². The van der Waals surface area contributed by atoms with Gasteiger partial charge in [0.15, 0.2) is 13.2 Å². The fourth-order valence-electron chi connectivity index (χ4n) is 2.24. The highest BCUT2D eigenvalue weighted by molar-refractivity contribution is 7.98. The number of ether oxygens (including phenoxy) is 2. The summed E-state index contributed by atoms with van der Waals surface area (Å²) in [7, 11) is 0. The summed E-state index contributed by atoms with van der Waals surface area (Å²) in [5.74, 6) is -0.377. The second-order valence-electron chi connectivity index (χ2n) is 5.55. The van der Waals surface area contributed by atoms with E-state index >= 15 is 0 Å². The molecule has 1 amide bonds. The molecule has 0 aliphatic rings. The Morgan fingerprint density at radius 3 is 2.44 bits per heavy atom. The molecule has 0 bridgehead atoms. The van der Waals surface area contributed by atoms with Crippen LogP contribution in [-0.2, 0) is 14.3 Å². The quantitative estimate of drug-likeness (QED) is 0.605. The first-order chi connectivity index (χ1) is 12.0. The van der Waals surface area contributed by atoms with E-state index in [9.17, 15) is 9.59 Å². The molecule has 0 saturated heterocycles. The average Bonchev–Trinajstić information content (AvgIpc) is 2.57. The fraction of sp³-hybridized carbons (Fsp3) is 0.263. The maximum Gasteiger partial charge on any atom is 0.344 e. The van der Waals surface area contributed by atoms with Gasteiger partial charge >= 0.3 is 5.97 Å². The molecular weight excluding hydrogens is 338 g/mol. The SMILES string of the molecule is CSc1cccc(NC(=O)COC(=O)COc2cc(C)cc(C)c2)c1. The Bertz CT molecular complexity index is 741. The molecule has 0 spiro atoms. The summed E-state index contributed by atoms with van der Waals surface area (Å²) in [4.78, 5) is 24.6. The average molecular weight is 359 g/mol. The normalized spacial score (nSPS) is 10.2. The van der Waals surface area contributed by atoms with E-state index in [0.29, 0.717) is 11.4 Å². The van der Waals surface area contributed by atoms with E-state index in [1.54, 1.807) is 17.8 Å². The summed E-state index contributed by atoms with van der Waals surface area (Å²) in [6, 6.07) is 13.1. The molecule has 1 N–H and O–H groups in total. The van der Waals surface area contributed by atoms with Crippen LogP contribution in [0.15, 0.2) is 47.4 Å². The maximum absolute atomic E-state index is 11.8. The number of amides is 1. The van der Waals surface area contributed by atoms with Crippen LogP contribution >= 0.6 is 11.8 Å². The van der Waals surface area contributed by atoms with Gasteiger partial charge in [-0.3, -0.25) is 4.79 Å². The van der Waals surface area contributed by atoms with Crippen molar-refractivity contribution in [3.63, 3.8) is 0 Å². The van der Waals surface area contributed by atoms with Crippen molar-refractivity contribution >= 4 is 29.3 Å². The van der Waals surface area contributed by atoms with Gasteiger partial charge in [-0.15, -0.1) is 11.8 Å². The van der Waals surface area contributed by atoms with Gasteiger partial charge in [-0.2, -0.15) is 0 Å². The lowest BCUT2D eigenvalue weighted by atomic mass is 10.1. The molecule has 0 atom stereocenters. The summed E-state index contributed by atoms with van der Waals surface area (Å²) in [6.07, 6.45) is 1.96. The van der Waals surface area contributed by atoms with Crippen molar-refractivity contribution in [1.29, 1.82) is 0 Å². The number of carbonyl (C=O) groups is 2.